The number of fused-ring (bicyclic) bond motifs is 1. The first-order chi connectivity index (χ1) is 6.70. The summed E-state index contributed by atoms with van der Waals surface area (Å²) in [5.41, 5.74) is 0.425. The summed E-state index contributed by atoms with van der Waals surface area (Å²) >= 11 is 7.13. The summed E-state index contributed by atoms with van der Waals surface area (Å²) in [6, 6.07) is 6.81. The Bertz CT molecular complexity index is 527. The predicted octanol–water partition coefficient (Wildman–Crippen LogP) is 3.76. The van der Waals surface area contributed by atoms with Crippen LogP contribution in [0.1, 0.15) is 5.56 Å². The van der Waals surface area contributed by atoms with Crippen LogP contribution >= 0.6 is 22.9 Å². The van der Waals surface area contributed by atoms with Crippen molar-refractivity contribution in [2.75, 3.05) is 0 Å². The van der Waals surface area contributed by atoms with Gasteiger partial charge in [0.2, 0.25) is 0 Å². The molecule has 2 rings (SSSR count). The van der Waals surface area contributed by atoms with E-state index in [-0.39, 0.29) is 12.2 Å². The number of nitrogens with zero attached hydrogens (tertiary/aromatic N) is 1. The molecule has 0 N–H and O–H groups in total. The topological polar surface area (TPSA) is 23.8 Å². The van der Waals surface area contributed by atoms with Gasteiger partial charge in [-0.25, -0.2) is 4.39 Å². The van der Waals surface area contributed by atoms with Crippen molar-refractivity contribution in [3.63, 3.8) is 0 Å². The van der Waals surface area contributed by atoms with Gasteiger partial charge >= 0.3 is 0 Å². The zero-order valence-electron chi connectivity index (χ0n) is 7.05. The van der Waals surface area contributed by atoms with Crippen LogP contribution in [0.5, 0.6) is 0 Å². The van der Waals surface area contributed by atoms with Gasteiger partial charge in [0.05, 0.1) is 16.8 Å². The molecule has 1 aromatic carbocycles. The van der Waals surface area contributed by atoms with Crippen molar-refractivity contribution in [1.29, 1.82) is 5.26 Å². The third-order valence-corrected chi connectivity index (χ3v) is 3.15. The van der Waals surface area contributed by atoms with Gasteiger partial charge in [0.25, 0.3) is 0 Å². The average molecular weight is 226 g/mol. The van der Waals surface area contributed by atoms with Crippen LogP contribution in [-0.2, 0) is 6.42 Å². The minimum Gasteiger partial charge on any atom is -0.207 e. The second-order valence-corrected chi connectivity index (χ2v) is 4.58. The molecule has 0 radical (unpaired) electrons. The normalized spacial score (nSPS) is 10.4. The van der Waals surface area contributed by atoms with Crippen LogP contribution in [0.2, 0.25) is 4.34 Å². The van der Waals surface area contributed by atoms with Gasteiger partial charge in [0, 0.05) is 10.3 Å². The molecule has 1 nitrogen and oxygen atoms in total. The van der Waals surface area contributed by atoms with Crippen molar-refractivity contribution in [2.24, 2.45) is 0 Å². The molecular formula is C10H5ClFNS. The van der Waals surface area contributed by atoms with E-state index >= 15 is 0 Å². The van der Waals surface area contributed by atoms with Gasteiger partial charge in [-0.3, -0.25) is 0 Å². The number of thiophene rings is 1. The van der Waals surface area contributed by atoms with Crippen LogP contribution in [-0.4, -0.2) is 0 Å². The summed E-state index contributed by atoms with van der Waals surface area (Å²) in [7, 11) is 0. The van der Waals surface area contributed by atoms with Crippen LogP contribution in [0, 0.1) is 17.1 Å². The van der Waals surface area contributed by atoms with E-state index < -0.39 is 0 Å². The molecule has 0 saturated carbocycles. The molecule has 0 aliphatic rings. The molecule has 0 spiro atoms. The predicted molar refractivity (Wildman–Crippen MR) is 56.1 cm³/mol. The molecule has 2 aromatic rings. The number of hydrogen-bond acceptors (Lipinski definition) is 2. The lowest BCUT2D eigenvalue weighted by Gasteiger charge is -1.97. The quantitative estimate of drug-likeness (QED) is 0.725. The zero-order valence-corrected chi connectivity index (χ0v) is 8.62. The molecule has 0 unspecified atom stereocenters. The molecule has 0 bridgehead atoms. The highest BCUT2D eigenvalue weighted by Crippen LogP contribution is 2.31. The van der Waals surface area contributed by atoms with Crippen molar-refractivity contribution in [2.45, 2.75) is 6.42 Å². The molecular weight excluding hydrogens is 221 g/mol. The lowest BCUT2D eigenvalue weighted by Crippen LogP contribution is -1.86. The molecule has 0 aliphatic carbocycles. The van der Waals surface area contributed by atoms with Gasteiger partial charge in [0.15, 0.2) is 0 Å². The van der Waals surface area contributed by atoms with E-state index in [9.17, 15) is 4.39 Å². The number of rotatable bonds is 1. The van der Waals surface area contributed by atoms with Crippen molar-refractivity contribution in [1.82, 2.24) is 0 Å². The third kappa shape index (κ3) is 1.59. The van der Waals surface area contributed by atoms with Gasteiger partial charge in [-0.15, -0.1) is 11.3 Å². The van der Waals surface area contributed by atoms with Gasteiger partial charge in [-0.1, -0.05) is 11.6 Å². The Morgan fingerprint density at radius 2 is 2.21 bits per heavy atom. The van der Waals surface area contributed by atoms with Crippen LogP contribution in [0.25, 0.3) is 10.1 Å². The van der Waals surface area contributed by atoms with Gasteiger partial charge in [-0.05, 0) is 23.6 Å². The fraction of sp³-hybridized carbons (Fsp3) is 0.100. The summed E-state index contributed by atoms with van der Waals surface area (Å²) in [6.07, 6.45) is 0.0925. The van der Waals surface area contributed by atoms with E-state index in [0.717, 1.165) is 10.1 Å². The van der Waals surface area contributed by atoms with E-state index in [1.807, 2.05) is 6.07 Å². The van der Waals surface area contributed by atoms with E-state index in [1.54, 1.807) is 12.1 Å². The fourth-order valence-corrected chi connectivity index (χ4v) is 2.46. The molecule has 0 atom stereocenters. The highest BCUT2D eigenvalue weighted by Gasteiger charge is 2.06. The van der Waals surface area contributed by atoms with Crippen LogP contribution in [0.4, 0.5) is 4.39 Å². The lowest BCUT2D eigenvalue weighted by atomic mass is 10.1. The van der Waals surface area contributed by atoms with Crippen LogP contribution in [0.3, 0.4) is 0 Å². The maximum Gasteiger partial charge on any atom is 0.128 e. The Morgan fingerprint density at radius 3 is 2.93 bits per heavy atom. The maximum atomic E-state index is 13.3. The highest BCUT2D eigenvalue weighted by molar-refractivity contribution is 7.22. The molecule has 1 heterocycles. The Labute approximate surface area is 89.3 Å². The molecule has 1 aromatic heterocycles. The van der Waals surface area contributed by atoms with Crippen molar-refractivity contribution in [3.05, 3.63) is 33.9 Å². The first-order valence-electron chi connectivity index (χ1n) is 3.95. The van der Waals surface area contributed by atoms with Gasteiger partial charge in [-0.2, -0.15) is 5.26 Å². The van der Waals surface area contributed by atoms with Gasteiger partial charge in [0.1, 0.15) is 5.82 Å². The second kappa shape index (κ2) is 3.56. The zero-order chi connectivity index (χ0) is 10.1. The van der Waals surface area contributed by atoms with E-state index in [1.165, 1.54) is 17.4 Å². The summed E-state index contributed by atoms with van der Waals surface area (Å²) in [6.45, 7) is 0. The largest absolute Gasteiger partial charge is 0.207 e. The van der Waals surface area contributed by atoms with Crippen molar-refractivity contribution in [3.8, 4) is 6.07 Å². The number of hydrogen-bond donors (Lipinski definition) is 0. The molecule has 70 valence electrons. The molecule has 0 fully saturated rings. The first-order valence-corrected chi connectivity index (χ1v) is 5.14. The number of nitriles is 1. The fourth-order valence-electron chi connectivity index (χ4n) is 1.30. The maximum absolute atomic E-state index is 13.3. The SMILES string of the molecule is N#CCc1cc2cc(Cl)sc2cc1F. The van der Waals surface area contributed by atoms with E-state index in [0.29, 0.717) is 9.90 Å². The molecule has 0 amide bonds. The molecule has 4 heteroatoms. The minimum absolute atomic E-state index is 0.0925. The monoisotopic (exact) mass is 225 g/mol. The van der Waals surface area contributed by atoms with Crippen molar-refractivity contribution >= 4 is 33.0 Å². The summed E-state index contributed by atoms with van der Waals surface area (Å²) in [4.78, 5) is 0. The summed E-state index contributed by atoms with van der Waals surface area (Å²) in [5.74, 6) is -0.336. The second-order valence-electron chi connectivity index (χ2n) is 2.87. The standard InChI is InChI=1S/C10H5ClFNS/c11-10-4-7-3-6(1-2-13)8(12)5-9(7)14-10/h3-5H,1H2. The highest BCUT2D eigenvalue weighted by atomic mass is 35.5. The summed E-state index contributed by atoms with van der Waals surface area (Å²) < 4.78 is 14.8. The Balaban J connectivity index is 2.65. The molecule has 0 saturated heterocycles. The Hall–Kier alpha value is -1.11. The number of benzene rings is 1. The average Bonchev–Trinajstić information content (AvgIpc) is 2.45. The minimum atomic E-state index is -0.336. The Morgan fingerprint density at radius 1 is 1.43 bits per heavy atom. The number of halogens is 2. The van der Waals surface area contributed by atoms with Crippen LogP contribution < -0.4 is 0 Å². The lowest BCUT2D eigenvalue weighted by molar-refractivity contribution is 0.617. The van der Waals surface area contributed by atoms with E-state index in [4.69, 9.17) is 16.9 Å². The smallest absolute Gasteiger partial charge is 0.128 e. The van der Waals surface area contributed by atoms with Crippen LogP contribution in [0.15, 0.2) is 18.2 Å². The first kappa shape index (κ1) is 9.45. The molecule has 0 aliphatic heterocycles. The third-order valence-electron chi connectivity index (χ3n) is 1.92. The molecule has 14 heavy (non-hydrogen) atoms. The Kier molecular flexibility index (Phi) is 2.40. The van der Waals surface area contributed by atoms with E-state index in [2.05, 4.69) is 0 Å². The summed E-state index contributed by atoms with van der Waals surface area (Å²) in [5, 5.41) is 9.38. The van der Waals surface area contributed by atoms with Gasteiger partial charge < -0.3 is 0 Å². The van der Waals surface area contributed by atoms with Crippen molar-refractivity contribution < 1.29 is 4.39 Å².